The molecule has 0 unspecified atom stereocenters. The number of phenols is 1. The highest BCUT2D eigenvalue weighted by molar-refractivity contribution is 5.41. The van der Waals surface area contributed by atoms with E-state index in [-0.39, 0.29) is 5.75 Å². The highest BCUT2D eigenvalue weighted by Gasteiger charge is 2.26. The zero-order valence-electron chi connectivity index (χ0n) is 13.7. The van der Waals surface area contributed by atoms with Crippen molar-refractivity contribution in [1.82, 2.24) is 4.90 Å². The van der Waals surface area contributed by atoms with Gasteiger partial charge in [-0.05, 0) is 54.8 Å². The van der Waals surface area contributed by atoms with Gasteiger partial charge in [0.25, 0.3) is 0 Å². The Balaban J connectivity index is 1.76. The van der Waals surface area contributed by atoms with Gasteiger partial charge in [-0.1, -0.05) is 18.2 Å². The molecule has 1 aliphatic rings. The van der Waals surface area contributed by atoms with Gasteiger partial charge in [-0.25, -0.2) is 0 Å². The Labute approximate surface area is 137 Å². The molecule has 0 spiro atoms. The second-order valence-corrected chi connectivity index (χ2v) is 5.91. The number of hydrogen-bond acceptors (Lipinski definition) is 4. The maximum Gasteiger partial charge on any atom is 0.160 e. The van der Waals surface area contributed by atoms with E-state index in [0.29, 0.717) is 11.8 Å². The highest BCUT2D eigenvalue weighted by Crippen LogP contribution is 2.35. The summed E-state index contributed by atoms with van der Waals surface area (Å²) in [6.07, 6.45) is 2.37. The molecule has 122 valence electrons. The van der Waals surface area contributed by atoms with Crippen LogP contribution in [0.2, 0.25) is 0 Å². The molecule has 23 heavy (non-hydrogen) atoms. The Morgan fingerprint density at radius 1 is 1.09 bits per heavy atom. The molecule has 1 atom stereocenters. The topological polar surface area (TPSA) is 41.9 Å². The number of ether oxygens (including phenoxy) is 2. The van der Waals surface area contributed by atoms with Gasteiger partial charge in [-0.3, -0.25) is 4.90 Å². The van der Waals surface area contributed by atoms with Gasteiger partial charge in [0.1, 0.15) is 5.75 Å². The van der Waals surface area contributed by atoms with Crippen LogP contribution in [0.5, 0.6) is 17.2 Å². The molecule has 4 heteroatoms. The van der Waals surface area contributed by atoms with Crippen LogP contribution in [-0.4, -0.2) is 30.8 Å². The molecule has 0 aliphatic carbocycles. The van der Waals surface area contributed by atoms with Crippen molar-refractivity contribution in [2.75, 3.05) is 20.8 Å². The minimum atomic E-state index is 0.185. The standard InChI is InChI=1S/C19H23NO3/c1-22-16-8-6-15(7-9-16)17-4-3-11-20(17)13-14-5-10-18(21)19(12-14)23-2/h5-10,12,17,21H,3-4,11,13H2,1-2H3/t17-/m1/s1. The van der Waals surface area contributed by atoms with E-state index in [1.54, 1.807) is 20.3 Å². The zero-order chi connectivity index (χ0) is 16.2. The molecule has 1 fully saturated rings. The van der Waals surface area contributed by atoms with E-state index < -0.39 is 0 Å². The molecule has 1 aliphatic heterocycles. The van der Waals surface area contributed by atoms with Crippen LogP contribution in [-0.2, 0) is 6.54 Å². The quantitative estimate of drug-likeness (QED) is 0.913. The fourth-order valence-corrected chi connectivity index (χ4v) is 3.27. The summed E-state index contributed by atoms with van der Waals surface area (Å²) in [7, 11) is 3.27. The van der Waals surface area contributed by atoms with Gasteiger partial charge in [0, 0.05) is 12.6 Å². The van der Waals surface area contributed by atoms with E-state index in [1.165, 1.54) is 18.4 Å². The van der Waals surface area contributed by atoms with Gasteiger partial charge < -0.3 is 14.6 Å². The van der Waals surface area contributed by atoms with Crippen LogP contribution < -0.4 is 9.47 Å². The third-order valence-corrected chi connectivity index (χ3v) is 4.49. The van der Waals surface area contributed by atoms with E-state index in [1.807, 2.05) is 24.3 Å². The Hall–Kier alpha value is -2.20. The summed E-state index contributed by atoms with van der Waals surface area (Å²) < 4.78 is 10.4. The predicted molar refractivity (Wildman–Crippen MR) is 90.0 cm³/mol. The summed E-state index contributed by atoms with van der Waals surface area (Å²) in [4.78, 5) is 2.48. The first-order valence-electron chi connectivity index (χ1n) is 7.95. The van der Waals surface area contributed by atoms with Crippen molar-refractivity contribution in [1.29, 1.82) is 0 Å². The first-order valence-corrected chi connectivity index (χ1v) is 7.95. The number of rotatable bonds is 5. The summed E-state index contributed by atoms with van der Waals surface area (Å²) in [5.41, 5.74) is 2.48. The van der Waals surface area contributed by atoms with Gasteiger partial charge in [0.2, 0.25) is 0 Å². The summed E-state index contributed by atoms with van der Waals surface area (Å²) in [5, 5.41) is 9.72. The van der Waals surface area contributed by atoms with E-state index >= 15 is 0 Å². The van der Waals surface area contributed by atoms with Crippen molar-refractivity contribution in [3.63, 3.8) is 0 Å². The molecule has 4 nitrogen and oxygen atoms in total. The van der Waals surface area contributed by atoms with Gasteiger partial charge in [-0.15, -0.1) is 0 Å². The van der Waals surface area contributed by atoms with Gasteiger partial charge in [0.05, 0.1) is 14.2 Å². The van der Waals surface area contributed by atoms with Crippen LogP contribution in [0.1, 0.15) is 30.0 Å². The molecular weight excluding hydrogens is 290 g/mol. The van der Waals surface area contributed by atoms with E-state index in [9.17, 15) is 5.11 Å². The minimum absolute atomic E-state index is 0.185. The van der Waals surface area contributed by atoms with E-state index in [4.69, 9.17) is 9.47 Å². The van der Waals surface area contributed by atoms with Gasteiger partial charge in [-0.2, -0.15) is 0 Å². The Morgan fingerprint density at radius 3 is 2.57 bits per heavy atom. The number of aromatic hydroxyl groups is 1. The first kappa shape index (κ1) is 15.7. The van der Waals surface area contributed by atoms with Crippen LogP contribution in [0.3, 0.4) is 0 Å². The fourth-order valence-electron chi connectivity index (χ4n) is 3.27. The van der Waals surface area contributed by atoms with Crippen molar-refractivity contribution in [3.8, 4) is 17.2 Å². The molecular formula is C19H23NO3. The van der Waals surface area contributed by atoms with E-state index in [0.717, 1.165) is 24.4 Å². The van der Waals surface area contributed by atoms with Gasteiger partial charge in [0.15, 0.2) is 11.5 Å². The second kappa shape index (κ2) is 6.92. The highest BCUT2D eigenvalue weighted by atomic mass is 16.5. The maximum atomic E-state index is 9.72. The number of benzene rings is 2. The van der Waals surface area contributed by atoms with Crippen LogP contribution in [0, 0.1) is 0 Å². The SMILES string of the molecule is COc1ccc([C@H]2CCCN2Cc2ccc(O)c(OC)c2)cc1. The molecule has 0 amide bonds. The summed E-state index contributed by atoms with van der Waals surface area (Å²) in [5.74, 6) is 1.61. The number of likely N-dealkylation sites (tertiary alicyclic amines) is 1. The number of hydrogen-bond donors (Lipinski definition) is 1. The Bertz CT molecular complexity index is 654. The lowest BCUT2D eigenvalue weighted by Crippen LogP contribution is -2.22. The zero-order valence-corrected chi connectivity index (χ0v) is 13.7. The van der Waals surface area contributed by atoms with Crippen LogP contribution in [0.25, 0.3) is 0 Å². The molecule has 0 bridgehead atoms. The monoisotopic (exact) mass is 313 g/mol. The third kappa shape index (κ3) is 3.42. The van der Waals surface area contributed by atoms with E-state index in [2.05, 4.69) is 17.0 Å². The molecule has 2 aromatic rings. The van der Waals surface area contributed by atoms with Crippen molar-refractivity contribution in [2.24, 2.45) is 0 Å². The Morgan fingerprint density at radius 2 is 1.87 bits per heavy atom. The normalized spacial score (nSPS) is 18.1. The third-order valence-electron chi connectivity index (χ3n) is 4.49. The lowest BCUT2D eigenvalue weighted by Gasteiger charge is -2.25. The summed E-state index contributed by atoms with van der Waals surface area (Å²) >= 11 is 0. The molecule has 3 rings (SSSR count). The molecule has 2 aromatic carbocycles. The van der Waals surface area contributed by atoms with Crippen molar-refractivity contribution >= 4 is 0 Å². The lowest BCUT2D eigenvalue weighted by molar-refractivity contribution is 0.248. The summed E-state index contributed by atoms with van der Waals surface area (Å²) in [6.45, 7) is 1.94. The fraction of sp³-hybridized carbons (Fsp3) is 0.368. The van der Waals surface area contributed by atoms with Crippen LogP contribution in [0.4, 0.5) is 0 Å². The smallest absolute Gasteiger partial charge is 0.160 e. The average Bonchev–Trinajstić information content (AvgIpc) is 3.04. The molecule has 1 heterocycles. The molecule has 0 aromatic heterocycles. The average molecular weight is 313 g/mol. The lowest BCUT2D eigenvalue weighted by atomic mass is 10.0. The Kier molecular flexibility index (Phi) is 4.72. The van der Waals surface area contributed by atoms with Crippen molar-refractivity contribution in [2.45, 2.75) is 25.4 Å². The number of methoxy groups -OCH3 is 2. The van der Waals surface area contributed by atoms with Gasteiger partial charge >= 0.3 is 0 Å². The van der Waals surface area contributed by atoms with Crippen LogP contribution in [0.15, 0.2) is 42.5 Å². The number of phenolic OH excluding ortho intramolecular Hbond substituents is 1. The molecule has 0 radical (unpaired) electrons. The van der Waals surface area contributed by atoms with Crippen LogP contribution >= 0.6 is 0 Å². The predicted octanol–water partition coefficient (Wildman–Crippen LogP) is 3.75. The van der Waals surface area contributed by atoms with Crippen molar-refractivity contribution in [3.05, 3.63) is 53.6 Å². The molecule has 0 saturated carbocycles. The molecule has 1 N–H and O–H groups in total. The minimum Gasteiger partial charge on any atom is -0.504 e. The van der Waals surface area contributed by atoms with Crippen molar-refractivity contribution < 1.29 is 14.6 Å². The number of nitrogens with zero attached hydrogens (tertiary/aromatic N) is 1. The summed E-state index contributed by atoms with van der Waals surface area (Å²) in [6, 6.07) is 14.4. The largest absolute Gasteiger partial charge is 0.504 e. The first-order chi connectivity index (χ1) is 11.2. The molecule has 1 saturated heterocycles. The second-order valence-electron chi connectivity index (χ2n) is 5.91. The maximum absolute atomic E-state index is 9.72.